The summed E-state index contributed by atoms with van der Waals surface area (Å²) < 4.78 is 10.2. The van der Waals surface area contributed by atoms with Crippen LogP contribution in [0.2, 0.25) is 0 Å². The molecule has 1 heterocycles. The van der Waals surface area contributed by atoms with Crippen molar-refractivity contribution in [3.63, 3.8) is 0 Å². The van der Waals surface area contributed by atoms with Gasteiger partial charge in [0, 0.05) is 12.0 Å². The highest BCUT2D eigenvalue weighted by Gasteiger charge is 2.15. The molecule has 0 radical (unpaired) electrons. The van der Waals surface area contributed by atoms with Crippen molar-refractivity contribution < 1.29 is 14.3 Å². The van der Waals surface area contributed by atoms with E-state index >= 15 is 0 Å². The van der Waals surface area contributed by atoms with E-state index in [4.69, 9.17) is 9.47 Å². The zero-order chi connectivity index (χ0) is 9.68. The number of esters is 1. The van der Waals surface area contributed by atoms with Gasteiger partial charge in [-0.15, -0.1) is 0 Å². The molecule has 0 N–H and O–H groups in total. The molecule has 3 heteroatoms. The lowest BCUT2D eigenvalue weighted by molar-refractivity contribution is -0.164. The van der Waals surface area contributed by atoms with Crippen molar-refractivity contribution >= 4 is 5.97 Å². The second-order valence-corrected chi connectivity index (χ2v) is 3.05. The third-order valence-electron chi connectivity index (χ3n) is 1.72. The number of rotatable bonds is 2. The number of hydrogen-bond donors (Lipinski definition) is 0. The van der Waals surface area contributed by atoms with Gasteiger partial charge in [0.25, 0.3) is 0 Å². The maximum atomic E-state index is 11.1. The molecule has 1 aliphatic heterocycles. The summed E-state index contributed by atoms with van der Waals surface area (Å²) in [7, 11) is 0. The second-order valence-electron chi connectivity index (χ2n) is 3.05. The lowest BCUT2D eigenvalue weighted by atomic mass is 10.2. The standard InChI is InChI=1S/C10H14O3/c1-8(2)10(11)13-9-6-4-3-5-7-12-9/h5,7,9H,1,3-4,6H2,2H3. The third kappa shape index (κ3) is 3.32. The molecule has 72 valence electrons. The second kappa shape index (κ2) is 4.70. The molecule has 0 aliphatic carbocycles. The zero-order valence-electron chi connectivity index (χ0n) is 7.79. The molecule has 0 bridgehead atoms. The van der Waals surface area contributed by atoms with Crippen LogP contribution in [0.15, 0.2) is 24.5 Å². The van der Waals surface area contributed by atoms with E-state index in [0.29, 0.717) is 5.57 Å². The predicted molar refractivity (Wildman–Crippen MR) is 48.8 cm³/mol. The Morgan fingerprint density at radius 3 is 3.15 bits per heavy atom. The molecule has 0 aromatic carbocycles. The molecule has 0 aromatic heterocycles. The number of carbonyl (C=O) groups excluding carboxylic acids is 1. The molecule has 1 atom stereocenters. The van der Waals surface area contributed by atoms with E-state index in [0.717, 1.165) is 19.3 Å². The molecule has 1 rings (SSSR count). The van der Waals surface area contributed by atoms with Gasteiger partial charge in [0.1, 0.15) is 0 Å². The molecule has 0 amide bonds. The molecule has 3 nitrogen and oxygen atoms in total. The SMILES string of the molecule is C=C(C)C(=O)OC1CCCC=CO1. The summed E-state index contributed by atoms with van der Waals surface area (Å²) in [6.45, 7) is 5.12. The smallest absolute Gasteiger partial charge is 0.336 e. The maximum Gasteiger partial charge on any atom is 0.336 e. The van der Waals surface area contributed by atoms with Crippen LogP contribution < -0.4 is 0 Å². The fourth-order valence-electron chi connectivity index (χ4n) is 0.988. The number of allylic oxidation sites excluding steroid dienone is 1. The van der Waals surface area contributed by atoms with E-state index in [2.05, 4.69) is 6.58 Å². The van der Waals surface area contributed by atoms with Crippen LogP contribution in [0, 0.1) is 0 Å². The van der Waals surface area contributed by atoms with Crippen molar-refractivity contribution in [2.75, 3.05) is 0 Å². The van der Waals surface area contributed by atoms with Crippen molar-refractivity contribution in [3.8, 4) is 0 Å². The Hall–Kier alpha value is -1.25. The Kier molecular flexibility index (Phi) is 3.55. The van der Waals surface area contributed by atoms with E-state index in [1.165, 1.54) is 0 Å². The van der Waals surface area contributed by atoms with Crippen molar-refractivity contribution in [2.45, 2.75) is 32.5 Å². The summed E-state index contributed by atoms with van der Waals surface area (Å²) in [5.74, 6) is -0.389. The van der Waals surface area contributed by atoms with Crippen LogP contribution in [0.5, 0.6) is 0 Å². The highest BCUT2D eigenvalue weighted by molar-refractivity contribution is 5.87. The number of carbonyl (C=O) groups is 1. The Balaban J connectivity index is 2.39. The maximum absolute atomic E-state index is 11.1. The molecule has 0 fully saturated rings. The van der Waals surface area contributed by atoms with Crippen molar-refractivity contribution in [2.24, 2.45) is 0 Å². The topological polar surface area (TPSA) is 35.5 Å². The minimum atomic E-state index is -0.442. The molecule has 1 unspecified atom stereocenters. The van der Waals surface area contributed by atoms with Crippen LogP contribution in [-0.4, -0.2) is 12.3 Å². The number of hydrogen-bond acceptors (Lipinski definition) is 3. The van der Waals surface area contributed by atoms with Crippen molar-refractivity contribution in [1.82, 2.24) is 0 Å². The van der Waals surface area contributed by atoms with Gasteiger partial charge in [-0.25, -0.2) is 4.79 Å². The van der Waals surface area contributed by atoms with Gasteiger partial charge in [-0.1, -0.05) is 6.58 Å². The van der Waals surface area contributed by atoms with Gasteiger partial charge in [-0.2, -0.15) is 0 Å². The van der Waals surface area contributed by atoms with E-state index in [1.54, 1.807) is 13.2 Å². The van der Waals surface area contributed by atoms with Gasteiger partial charge in [0.15, 0.2) is 0 Å². The monoisotopic (exact) mass is 182 g/mol. The fourth-order valence-corrected chi connectivity index (χ4v) is 0.988. The largest absolute Gasteiger partial charge is 0.463 e. The normalized spacial score (nSPS) is 21.5. The first-order valence-corrected chi connectivity index (χ1v) is 4.37. The Bertz CT molecular complexity index is 230. The van der Waals surface area contributed by atoms with Crippen molar-refractivity contribution in [1.29, 1.82) is 0 Å². The first-order chi connectivity index (χ1) is 6.20. The average molecular weight is 182 g/mol. The Morgan fingerprint density at radius 1 is 1.69 bits per heavy atom. The highest BCUT2D eigenvalue weighted by Crippen LogP contribution is 2.13. The summed E-state index contributed by atoms with van der Waals surface area (Å²) in [5.41, 5.74) is 0.400. The van der Waals surface area contributed by atoms with Crippen LogP contribution in [0.3, 0.4) is 0 Å². The molecule has 1 aliphatic rings. The quantitative estimate of drug-likeness (QED) is 0.485. The van der Waals surface area contributed by atoms with Gasteiger partial charge in [-0.3, -0.25) is 0 Å². The van der Waals surface area contributed by atoms with E-state index < -0.39 is 6.29 Å². The first kappa shape index (κ1) is 9.84. The van der Waals surface area contributed by atoms with Gasteiger partial charge < -0.3 is 9.47 Å². The van der Waals surface area contributed by atoms with Crippen LogP contribution >= 0.6 is 0 Å². The summed E-state index contributed by atoms with van der Waals surface area (Å²) in [6.07, 6.45) is 5.76. The predicted octanol–water partition coefficient (Wildman–Crippen LogP) is 2.15. The molecular weight excluding hydrogens is 168 g/mol. The summed E-state index contributed by atoms with van der Waals surface area (Å²) in [5, 5.41) is 0. The zero-order valence-corrected chi connectivity index (χ0v) is 7.79. The fraction of sp³-hybridized carbons (Fsp3) is 0.500. The van der Waals surface area contributed by atoms with Crippen LogP contribution in [-0.2, 0) is 14.3 Å². The lowest BCUT2D eigenvalue weighted by Gasteiger charge is -2.15. The molecule has 0 spiro atoms. The summed E-state index contributed by atoms with van der Waals surface area (Å²) in [6, 6.07) is 0. The molecule has 0 saturated heterocycles. The van der Waals surface area contributed by atoms with E-state index in [1.807, 2.05) is 6.08 Å². The van der Waals surface area contributed by atoms with Crippen LogP contribution in [0.4, 0.5) is 0 Å². The Morgan fingerprint density at radius 2 is 2.46 bits per heavy atom. The lowest BCUT2D eigenvalue weighted by Crippen LogP contribution is -2.19. The van der Waals surface area contributed by atoms with Crippen molar-refractivity contribution in [3.05, 3.63) is 24.5 Å². The molecular formula is C10H14O3. The first-order valence-electron chi connectivity index (χ1n) is 4.37. The summed E-state index contributed by atoms with van der Waals surface area (Å²) in [4.78, 5) is 11.1. The van der Waals surface area contributed by atoms with Gasteiger partial charge in [0.05, 0.1) is 6.26 Å². The number of ether oxygens (including phenoxy) is 2. The minimum absolute atomic E-state index is 0.389. The van der Waals surface area contributed by atoms with Crippen LogP contribution in [0.1, 0.15) is 26.2 Å². The van der Waals surface area contributed by atoms with Gasteiger partial charge in [0.2, 0.25) is 6.29 Å². The average Bonchev–Trinajstić information content (AvgIpc) is 2.32. The van der Waals surface area contributed by atoms with Gasteiger partial charge >= 0.3 is 5.97 Å². The van der Waals surface area contributed by atoms with Crippen LogP contribution in [0.25, 0.3) is 0 Å². The molecule has 13 heavy (non-hydrogen) atoms. The Labute approximate surface area is 78.0 Å². The third-order valence-corrected chi connectivity index (χ3v) is 1.72. The highest BCUT2D eigenvalue weighted by atomic mass is 16.7. The molecule has 0 aromatic rings. The van der Waals surface area contributed by atoms with Gasteiger partial charge in [-0.05, 0) is 25.8 Å². The molecule has 0 saturated carbocycles. The van der Waals surface area contributed by atoms with E-state index in [-0.39, 0.29) is 5.97 Å². The minimum Gasteiger partial charge on any atom is -0.463 e. The summed E-state index contributed by atoms with van der Waals surface area (Å²) >= 11 is 0. The van der Waals surface area contributed by atoms with E-state index in [9.17, 15) is 4.79 Å².